The van der Waals surface area contributed by atoms with E-state index in [1.807, 2.05) is 13.1 Å². The number of anilines is 1. The Morgan fingerprint density at radius 1 is 1.22 bits per heavy atom. The molecule has 1 heterocycles. The first kappa shape index (κ1) is 15.0. The lowest BCUT2D eigenvalue weighted by molar-refractivity contribution is 0.186. The van der Waals surface area contributed by atoms with Gasteiger partial charge in [0.25, 0.3) is 0 Å². The average Bonchev–Trinajstić information content (AvgIpc) is 2.34. The van der Waals surface area contributed by atoms with Crippen molar-refractivity contribution in [3.63, 3.8) is 0 Å². The molecular weight excluding hydrogens is 224 g/mol. The van der Waals surface area contributed by atoms with Crippen LogP contribution in [0.25, 0.3) is 0 Å². The highest BCUT2D eigenvalue weighted by atomic mass is 16.3. The van der Waals surface area contributed by atoms with Gasteiger partial charge in [0, 0.05) is 18.8 Å². The predicted octanol–water partition coefficient (Wildman–Crippen LogP) is 3.19. The maximum absolute atomic E-state index is 9.39. The minimum absolute atomic E-state index is 0.243. The molecule has 1 atom stereocenters. The summed E-state index contributed by atoms with van der Waals surface area (Å²) in [7, 11) is 0. The van der Waals surface area contributed by atoms with Gasteiger partial charge in [-0.3, -0.25) is 4.98 Å². The summed E-state index contributed by atoms with van der Waals surface area (Å²) in [6.45, 7) is 10.2. The fourth-order valence-corrected chi connectivity index (χ4v) is 1.91. The van der Waals surface area contributed by atoms with Gasteiger partial charge >= 0.3 is 0 Å². The molecule has 0 fully saturated rings. The van der Waals surface area contributed by atoms with Gasteiger partial charge in [-0.25, -0.2) is 0 Å². The van der Waals surface area contributed by atoms with Crippen LogP contribution in [0.5, 0.6) is 0 Å². The molecule has 3 nitrogen and oxygen atoms in total. The van der Waals surface area contributed by atoms with Crippen LogP contribution in [-0.4, -0.2) is 29.3 Å². The monoisotopic (exact) mass is 250 g/mol. The molecule has 0 aromatic carbocycles. The molecule has 0 aliphatic rings. The molecule has 1 rings (SSSR count). The Bertz CT molecular complexity index is 333. The molecule has 1 aromatic rings. The van der Waals surface area contributed by atoms with E-state index in [-0.39, 0.29) is 6.10 Å². The summed E-state index contributed by atoms with van der Waals surface area (Å²) < 4.78 is 0. The first-order valence-corrected chi connectivity index (χ1v) is 6.93. The number of pyridine rings is 1. The van der Waals surface area contributed by atoms with Crippen molar-refractivity contribution in [2.45, 2.75) is 52.6 Å². The first-order chi connectivity index (χ1) is 8.54. The lowest BCUT2D eigenvalue weighted by atomic mass is 10.1. The Labute approximate surface area is 111 Å². The number of hydrogen-bond donors (Lipinski definition) is 1. The third-order valence-electron chi connectivity index (χ3n) is 3.04. The second-order valence-electron chi connectivity index (χ2n) is 5.22. The van der Waals surface area contributed by atoms with Gasteiger partial charge in [0.1, 0.15) is 0 Å². The minimum atomic E-state index is -0.243. The van der Waals surface area contributed by atoms with Gasteiger partial charge in [-0.15, -0.1) is 0 Å². The lowest BCUT2D eigenvalue weighted by Gasteiger charge is -2.25. The number of hydrogen-bond acceptors (Lipinski definition) is 3. The summed E-state index contributed by atoms with van der Waals surface area (Å²) in [6, 6.07) is 4.24. The molecular formula is C15H26N2O. The average molecular weight is 250 g/mol. The van der Waals surface area contributed by atoms with Crippen LogP contribution in [0.3, 0.4) is 0 Å². The topological polar surface area (TPSA) is 36.4 Å². The largest absolute Gasteiger partial charge is 0.393 e. The summed E-state index contributed by atoms with van der Waals surface area (Å²) in [5.41, 5.74) is 2.28. The van der Waals surface area contributed by atoms with E-state index in [0.29, 0.717) is 5.92 Å². The Morgan fingerprint density at radius 3 is 2.39 bits per heavy atom. The number of aliphatic hydroxyl groups excluding tert-OH is 1. The molecule has 102 valence electrons. The molecule has 0 radical (unpaired) electrons. The van der Waals surface area contributed by atoms with E-state index in [9.17, 15) is 5.11 Å². The van der Waals surface area contributed by atoms with Crippen LogP contribution in [0.2, 0.25) is 0 Å². The Hall–Kier alpha value is -1.09. The van der Waals surface area contributed by atoms with Crippen LogP contribution < -0.4 is 4.90 Å². The van der Waals surface area contributed by atoms with Gasteiger partial charge in [-0.2, -0.15) is 0 Å². The molecule has 0 bridgehead atoms. The molecule has 0 spiro atoms. The van der Waals surface area contributed by atoms with E-state index in [1.54, 1.807) is 0 Å². The van der Waals surface area contributed by atoms with Gasteiger partial charge in [0.2, 0.25) is 0 Å². The molecule has 0 aliphatic carbocycles. The lowest BCUT2D eigenvalue weighted by Crippen LogP contribution is -2.27. The van der Waals surface area contributed by atoms with Crippen molar-refractivity contribution in [3.8, 4) is 0 Å². The Morgan fingerprint density at radius 2 is 1.94 bits per heavy atom. The zero-order valence-electron chi connectivity index (χ0n) is 12.1. The van der Waals surface area contributed by atoms with E-state index in [2.05, 4.69) is 42.8 Å². The van der Waals surface area contributed by atoms with Crippen molar-refractivity contribution in [2.75, 3.05) is 18.0 Å². The highest BCUT2D eigenvalue weighted by Crippen LogP contribution is 2.18. The highest BCUT2D eigenvalue weighted by molar-refractivity contribution is 5.44. The van der Waals surface area contributed by atoms with Crippen LogP contribution >= 0.6 is 0 Å². The van der Waals surface area contributed by atoms with Gasteiger partial charge in [0.15, 0.2) is 0 Å². The fraction of sp³-hybridized carbons (Fsp3) is 0.667. The maximum Gasteiger partial charge on any atom is 0.0552 e. The third kappa shape index (κ3) is 4.65. The van der Waals surface area contributed by atoms with Gasteiger partial charge < -0.3 is 10.0 Å². The SMILES string of the molecule is CCCN(CCC(C)O)c1ccc(C(C)C)nc1. The zero-order chi connectivity index (χ0) is 13.5. The zero-order valence-corrected chi connectivity index (χ0v) is 12.1. The van der Waals surface area contributed by atoms with Crippen molar-refractivity contribution in [1.82, 2.24) is 4.98 Å². The van der Waals surface area contributed by atoms with Crippen molar-refractivity contribution >= 4 is 5.69 Å². The van der Waals surface area contributed by atoms with E-state index in [0.717, 1.165) is 37.3 Å². The third-order valence-corrected chi connectivity index (χ3v) is 3.04. The van der Waals surface area contributed by atoms with Crippen molar-refractivity contribution in [3.05, 3.63) is 24.0 Å². The normalized spacial score (nSPS) is 12.8. The first-order valence-electron chi connectivity index (χ1n) is 6.93. The molecule has 1 unspecified atom stereocenters. The summed E-state index contributed by atoms with van der Waals surface area (Å²) in [5, 5.41) is 9.39. The number of rotatable bonds is 7. The summed E-state index contributed by atoms with van der Waals surface area (Å²) >= 11 is 0. The van der Waals surface area contributed by atoms with Gasteiger partial charge in [-0.05, 0) is 37.8 Å². The van der Waals surface area contributed by atoms with Gasteiger partial charge in [-0.1, -0.05) is 20.8 Å². The van der Waals surface area contributed by atoms with Crippen LogP contribution in [0, 0.1) is 0 Å². The molecule has 3 heteroatoms. The van der Waals surface area contributed by atoms with Crippen molar-refractivity contribution < 1.29 is 5.11 Å². The predicted molar refractivity (Wildman–Crippen MR) is 77.1 cm³/mol. The van der Waals surface area contributed by atoms with Crippen molar-refractivity contribution in [1.29, 1.82) is 0 Å². The second kappa shape index (κ2) is 7.37. The van der Waals surface area contributed by atoms with Crippen molar-refractivity contribution in [2.24, 2.45) is 0 Å². The standard InChI is InChI=1S/C15H26N2O/c1-5-9-17(10-8-13(4)18)14-6-7-15(12(2)3)16-11-14/h6-7,11-13,18H,5,8-10H2,1-4H3. The van der Waals surface area contributed by atoms with Crippen LogP contribution in [0.15, 0.2) is 18.3 Å². The van der Waals surface area contributed by atoms with Crippen LogP contribution in [0.4, 0.5) is 5.69 Å². The number of aromatic nitrogens is 1. The fourth-order valence-electron chi connectivity index (χ4n) is 1.91. The maximum atomic E-state index is 9.39. The molecule has 0 saturated heterocycles. The van der Waals surface area contributed by atoms with E-state index in [4.69, 9.17) is 0 Å². The van der Waals surface area contributed by atoms with E-state index >= 15 is 0 Å². The summed E-state index contributed by atoms with van der Waals surface area (Å²) in [5.74, 6) is 0.469. The summed E-state index contributed by atoms with van der Waals surface area (Å²) in [6.07, 6.45) is 3.61. The molecule has 0 saturated carbocycles. The summed E-state index contributed by atoms with van der Waals surface area (Å²) in [4.78, 5) is 6.80. The number of nitrogens with zero attached hydrogens (tertiary/aromatic N) is 2. The quantitative estimate of drug-likeness (QED) is 0.807. The Balaban J connectivity index is 2.72. The second-order valence-corrected chi connectivity index (χ2v) is 5.22. The van der Waals surface area contributed by atoms with Crippen LogP contribution in [-0.2, 0) is 0 Å². The minimum Gasteiger partial charge on any atom is -0.393 e. The Kier molecular flexibility index (Phi) is 6.13. The molecule has 1 N–H and O–H groups in total. The highest BCUT2D eigenvalue weighted by Gasteiger charge is 2.08. The molecule has 18 heavy (non-hydrogen) atoms. The van der Waals surface area contributed by atoms with E-state index < -0.39 is 0 Å². The van der Waals surface area contributed by atoms with E-state index in [1.165, 1.54) is 0 Å². The molecule has 1 aromatic heterocycles. The van der Waals surface area contributed by atoms with Crippen LogP contribution in [0.1, 0.15) is 52.1 Å². The number of aliphatic hydroxyl groups is 1. The van der Waals surface area contributed by atoms with Gasteiger partial charge in [0.05, 0.1) is 18.0 Å². The molecule has 0 aliphatic heterocycles. The molecule has 0 amide bonds. The smallest absolute Gasteiger partial charge is 0.0552 e.